The number of hydrogen-bond acceptors (Lipinski definition) is 3. The highest BCUT2D eigenvalue weighted by Gasteiger charge is 2.10. The Morgan fingerprint density at radius 2 is 2.12 bits per heavy atom. The molecule has 0 saturated carbocycles. The standard InChI is InChI=1S/C10H12Cl2N2O2S/c1-17(16)3-2-9(15)14-10-7(12)4-6(11)5-8(10)13/h4-5H,2-3,13H2,1H3,(H,14,15). The minimum Gasteiger partial charge on any atom is -0.397 e. The molecule has 0 radical (unpaired) electrons. The number of nitrogens with two attached hydrogens (primary N) is 1. The van der Waals surface area contributed by atoms with E-state index in [1.54, 1.807) is 0 Å². The normalized spacial score (nSPS) is 12.2. The fourth-order valence-electron chi connectivity index (χ4n) is 1.16. The van der Waals surface area contributed by atoms with E-state index in [2.05, 4.69) is 5.32 Å². The van der Waals surface area contributed by atoms with Gasteiger partial charge in [0.1, 0.15) is 0 Å². The van der Waals surface area contributed by atoms with Crippen molar-refractivity contribution in [2.24, 2.45) is 0 Å². The van der Waals surface area contributed by atoms with E-state index in [-0.39, 0.29) is 17.4 Å². The van der Waals surface area contributed by atoms with Crippen LogP contribution in [0.2, 0.25) is 10.0 Å². The van der Waals surface area contributed by atoms with Gasteiger partial charge in [-0.3, -0.25) is 9.00 Å². The molecule has 1 unspecified atom stereocenters. The van der Waals surface area contributed by atoms with Crippen molar-refractivity contribution < 1.29 is 9.00 Å². The summed E-state index contributed by atoms with van der Waals surface area (Å²) in [6, 6.07) is 2.99. The van der Waals surface area contributed by atoms with Crippen molar-refractivity contribution in [3.8, 4) is 0 Å². The van der Waals surface area contributed by atoms with Crippen LogP contribution >= 0.6 is 23.2 Å². The first-order valence-corrected chi connectivity index (χ1v) is 7.23. The Labute approximate surface area is 112 Å². The van der Waals surface area contributed by atoms with E-state index in [9.17, 15) is 9.00 Å². The van der Waals surface area contributed by atoms with E-state index >= 15 is 0 Å². The fraction of sp³-hybridized carbons (Fsp3) is 0.300. The maximum Gasteiger partial charge on any atom is 0.225 e. The summed E-state index contributed by atoms with van der Waals surface area (Å²) in [4.78, 5) is 11.5. The number of rotatable bonds is 4. The first-order valence-electron chi connectivity index (χ1n) is 4.74. The van der Waals surface area contributed by atoms with Crippen LogP contribution in [0.25, 0.3) is 0 Å². The number of nitrogens with one attached hydrogen (secondary N) is 1. The van der Waals surface area contributed by atoms with Gasteiger partial charge in [0.15, 0.2) is 0 Å². The molecule has 1 rings (SSSR count). The van der Waals surface area contributed by atoms with Crippen molar-refractivity contribution >= 4 is 51.3 Å². The molecule has 0 aliphatic heterocycles. The fourth-order valence-corrected chi connectivity index (χ4v) is 2.19. The molecule has 0 fully saturated rings. The molecule has 1 amide bonds. The highest BCUT2D eigenvalue weighted by Crippen LogP contribution is 2.31. The van der Waals surface area contributed by atoms with Gasteiger partial charge in [-0.15, -0.1) is 0 Å². The average Bonchev–Trinajstić information content (AvgIpc) is 2.20. The summed E-state index contributed by atoms with van der Waals surface area (Å²) >= 11 is 11.6. The highest BCUT2D eigenvalue weighted by molar-refractivity contribution is 7.84. The molecule has 1 atom stereocenters. The Morgan fingerprint density at radius 3 is 2.65 bits per heavy atom. The monoisotopic (exact) mass is 294 g/mol. The molecule has 94 valence electrons. The minimum atomic E-state index is -1.00. The lowest BCUT2D eigenvalue weighted by Crippen LogP contribution is -2.15. The summed E-state index contributed by atoms with van der Waals surface area (Å²) in [5.41, 5.74) is 6.32. The van der Waals surface area contributed by atoms with Gasteiger partial charge in [0.05, 0.1) is 16.4 Å². The van der Waals surface area contributed by atoms with Crippen molar-refractivity contribution in [2.45, 2.75) is 6.42 Å². The van der Waals surface area contributed by atoms with Crippen LogP contribution in [0.4, 0.5) is 11.4 Å². The van der Waals surface area contributed by atoms with Crippen molar-refractivity contribution in [1.82, 2.24) is 0 Å². The first kappa shape index (κ1) is 14.3. The van der Waals surface area contributed by atoms with E-state index in [0.29, 0.717) is 22.2 Å². The van der Waals surface area contributed by atoms with Crippen LogP contribution in [-0.4, -0.2) is 22.1 Å². The Morgan fingerprint density at radius 1 is 1.47 bits per heavy atom. The van der Waals surface area contributed by atoms with Gasteiger partial charge in [-0.05, 0) is 12.1 Å². The van der Waals surface area contributed by atoms with E-state index in [1.165, 1.54) is 18.4 Å². The number of benzene rings is 1. The third-order valence-electron chi connectivity index (χ3n) is 1.97. The summed E-state index contributed by atoms with van der Waals surface area (Å²) in [5.74, 6) is 0.0212. The predicted molar refractivity (Wildman–Crippen MR) is 73.1 cm³/mol. The lowest BCUT2D eigenvalue weighted by molar-refractivity contribution is -0.115. The summed E-state index contributed by atoms with van der Waals surface area (Å²) in [7, 11) is -1.00. The van der Waals surface area contributed by atoms with E-state index in [4.69, 9.17) is 28.9 Å². The number of anilines is 2. The van der Waals surface area contributed by atoms with Gasteiger partial charge < -0.3 is 11.1 Å². The average molecular weight is 295 g/mol. The van der Waals surface area contributed by atoms with Gasteiger partial charge in [0.25, 0.3) is 0 Å². The zero-order valence-corrected chi connectivity index (χ0v) is 11.5. The third-order valence-corrected chi connectivity index (χ3v) is 3.26. The van der Waals surface area contributed by atoms with E-state index in [0.717, 1.165) is 0 Å². The molecule has 3 N–H and O–H groups in total. The summed E-state index contributed by atoms with van der Waals surface area (Å²) in [6.45, 7) is 0. The van der Waals surface area contributed by atoms with Gasteiger partial charge in [-0.2, -0.15) is 0 Å². The number of carbonyl (C=O) groups is 1. The first-order chi connectivity index (χ1) is 7.90. The molecule has 0 heterocycles. The van der Waals surface area contributed by atoms with Crippen molar-refractivity contribution in [1.29, 1.82) is 0 Å². The second-order valence-electron chi connectivity index (χ2n) is 3.43. The zero-order valence-electron chi connectivity index (χ0n) is 9.13. The molecule has 7 heteroatoms. The Bertz CT molecular complexity index is 443. The van der Waals surface area contributed by atoms with Crippen LogP contribution < -0.4 is 11.1 Å². The maximum atomic E-state index is 11.5. The van der Waals surface area contributed by atoms with E-state index < -0.39 is 10.8 Å². The second-order valence-corrected chi connectivity index (χ2v) is 5.83. The molecule has 0 spiro atoms. The summed E-state index contributed by atoms with van der Waals surface area (Å²) < 4.78 is 10.8. The van der Waals surface area contributed by atoms with Gasteiger partial charge in [-0.25, -0.2) is 0 Å². The molecule has 0 saturated heterocycles. The zero-order chi connectivity index (χ0) is 13.0. The molecule has 0 bridgehead atoms. The Balaban J connectivity index is 2.75. The number of amides is 1. The molecule has 1 aromatic rings. The predicted octanol–water partition coefficient (Wildman–Crippen LogP) is 2.28. The Kier molecular flexibility index (Phi) is 5.24. The van der Waals surface area contributed by atoms with Crippen LogP contribution in [-0.2, 0) is 15.6 Å². The molecule has 1 aromatic carbocycles. The maximum absolute atomic E-state index is 11.5. The van der Waals surface area contributed by atoms with Crippen LogP contribution in [0, 0.1) is 0 Å². The number of nitrogen functional groups attached to an aromatic ring is 1. The van der Waals surface area contributed by atoms with Crippen LogP contribution in [0.5, 0.6) is 0 Å². The molecule has 0 aliphatic carbocycles. The molecular weight excluding hydrogens is 283 g/mol. The number of hydrogen-bond donors (Lipinski definition) is 2. The number of halogens is 2. The van der Waals surface area contributed by atoms with Crippen molar-refractivity contribution in [3.05, 3.63) is 22.2 Å². The Hall–Kier alpha value is -0.780. The van der Waals surface area contributed by atoms with Crippen molar-refractivity contribution in [2.75, 3.05) is 23.1 Å². The second kappa shape index (κ2) is 6.23. The van der Waals surface area contributed by atoms with Gasteiger partial charge in [0.2, 0.25) is 5.91 Å². The molecule has 4 nitrogen and oxygen atoms in total. The molecule has 0 aromatic heterocycles. The smallest absolute Gasteiger partial charge is 0.225 e. The SMILES string of the molecule is CS(=O)CCC(=O)Nc1c(N)cc(Cl)cc1Cl. The summed E-state index contributed by atoms with van der Waals surface area (Å²) in [6.07, 6.45) is 1.69. The van der Waals surface area contributed by atoms with Crippen LogP contribution in [0.3, 0.4) is 0 Å². The molecule has 17 heavy (non-hydrogen) atoms. The van der Waals surface area contributed by atoms with Crippen molar-refractivity contribution in [3.63, 3.8) is 0 Å². The van der Waals surface area contributed by atoms with Crippen LogP contribution in [0.1, 0.15) is 6.42 Å². The minimum absolute atomic E-state index is 0.154. The summed E-state index contributed by atoms with van der Waals surface area (Å²) in [5, 5.41) is 3.25. The van der Waals surface area contributed by atoms with Gasteiger partial charge in [-0.1, -0.05) is 23.2 Å². The lowest BCUT2D eigenvalue weighted by atomic mass is 10.2. The lowest BCUT2D eigenvalue weighted by Gasteiger charge is -2.10. The van der Waals surface area contributed by atoms with Crippen LogP contribution in [0.15, 0.2) is 12.1 Å². The van der Waals surface area contributed by atoms with E-state index in [1.807, 2.05) is 0 Å². The topological polar surface area (TPSA) is 72.2 Å². The highest BCUT2D eigenvalue weighted by atomic mass is 35.5. The third kappa shape index (κ3) is 4.53. The molecular formula is C10H12Cl2N2O2S. The molecule has 0 aliphatic rings. The van der Waals surface area contributed by atoms with Gasteiger partial charge >= 0.3 is 0 Å². The van der Waals surface area contributed by atoms with Gasteiger partial charge in [0, 0.05) is 34.3 Å². The quantitative estimate of drug-likeness (QED) is 0.837. The largest absolute Gasteiger partial charge is 0.397 e. The number of carbonyl (C=O) groups excluding carboxylic acids is 1.